The van der Waals surface area contributed by atoms with Crippen LogP contribution in [0.5, 0.6) is 0 Å². The van der Waals surface area contributed by atoms with Gasteiger partial charge in [0.15, 0.2) is 5.82 Å². The van der Waals surface area contributed by atoms with E-state index >= 15 is 0 Å². The van der Waals surface area contributed by atoms with Crippen molar-refractivity contribution in [3.05, 3.63) is 48.3 Å². The van der Waals surface area contributed by atoms with Gasteiger partial charge in [0.2, 0.25) is 5.82 Å². The second-order valence-electron chi connectivity index (χ2n) is 5.87. The van der Waals surface area contributed by atoms with Gasteiger partial charge in [-0.1, -0.05) is 29.4 Å². The van der Waals surface area contributed by atoms with Crippen LogP contribution in [0, 0.1) is 0 Å². The van der Waals surface area contributed by atoms with Crippen molar-refractivity contribution in [2.75, 3.05) is 32.2 Å². The third kappa shape index (κ3) is 3.58. The molecule has 9 heteroatoms. The van der Waals surface area contributed by atoms with Crippen molar-refractivity contribution < 1.29 is 14.1 Å². The molecule has 0 aliphatic carbocycles. The average Bonchev–Trinajstić information content (AvgIpc) is 3.35. The number of carbonyl (C=O) groups is 1. The third-order valence-electron chi connectivity index (χ3n) is 4.01. The zero-order chi connectivity index (χ0) is 18.6. The summed E-state index contributed by atoms with van der Waals surface area (Å²) in [7, 11) is 1.56. The highest BCUT2D eigenvalue weighted by Crippen LogP contribution is 2.25. The number of methoxy groups -OCH3 is 1. The monoisotopic (exact) mass is 366 g/mol. The van der Waals surface area contributed by atoms with Crippen LogP contribution in [0.25, 0.3) is 28.7 Å². The average molecular weight is 366 g/mol. The number of carbonyl (C=O) groups excluding carboxylic acids is 1. The lowest BCUT2D eigenvalue weighted by Crippen LogP contribution is -2.27. The molecule has 9 nitrogen and oxygen atoms in total. The number of fused-ring (bicyclic) bond motifs is 1. The van der Waals surface area contributed by atoms with E-state index in [0.29, 0.717) is 19.0 Å². The first-order valence-electron chi connectivity index (χ1n) is 8.46. The number of rotatable bonds is 6. The van der Waals surface area contributed by atoms with E-state index < -0.39 is 5.91 Å². The molecule has 1 aromatic carbocycles. The number of hydrogen-bond acceptors (Lipinski definition) is 7. The molecule has 0 fully saturated rings. The minimum atomic E-state index is -0.429. The Labute approximate surface area is 155 Å². The summed E-state index contributed by atoms with van der Waals surface area (Å²) in [6.07, 6.45) is 5.92. The predicted molar refractivity (Wildman–Crippen MR) is 98.4 cm³/mol. The van der Waals surface area contributed by atoms with E-state index in [0.717, 1.165) is 29.2 Å². The van der Waals surface area contributed by atoms with Gasteiger partial charge in [-0.2, -0.15) is 4.98 Å². The van der Waals surface area contributed by atoms with Crippen LogP contribution in [-0.2, 0) is 4.74 Å². The molecule has 1 aliphatic rings. The maximum absolute atomic E-state index is 12.0. The Morgan fingerprint density at radius 3 is 3.11 bits per heavy atom. The number of amides is 1. The number of aromatic nitrogens is 4. The largest absolute Gasteiger partial charge is 0.383 e. The molecule has 0 bridgehead atoms. The fourth-order valence-corrected chi connectivity index (χ4v) is 2.69. The van der Waals surface area contributed by atoms with Crippen molar-refractivity contribution in [2.24, 2.45) is 0 Å². The second kappa shape index (κ2) is 7.42. The molecule has 3 heterocycles. The van der Waals surface area contributed by atoms with E-state index in [-0.39, 0.29) is 5.89 Å². The van der Waals surface area contributed by atoms with Crippen LogP contribution in [0.3, 0.4) is 0 Å². The van der Waals surface area contributed by atoms with E-state index in [4.69, 9.17) is 9.26 Å². The minimum absolute atomic E-state index is 0.0849. The molecule has 27 heavy (non-hydrogen) atoms. The quantitative estimate of drug-likeness (QED) is 0.637. The van der Waals surface area contributed by atoms with Gasteiger partial charge >= 0.3 is 11.8 Å². The van der Waals surface area contributed by atoms with E-state index in [1.54, 1.807) is 7.11 Å². The Morgan fingerprint density at radius 1 is 1.37 bits per heavy atom. The smallest absolute Gasteiger partial charge is 0.316 e. The molecule has 138 valence electrons. The normalized spacial score (nSPS) is 12.5. The Bertz CT molecular complexity index is 991. The van der Waals surface area contributed by atoms with Gasteiger partial charge in [-0.05, 0) is 12.1 Å². The molecule has 0 spiro atoms. The predicted octanol–water partition coefficient (Wildman–Crippen LogP) is 1.55. The second-order valence-corrected chi connectivity index (χ2v) is 5.87. The van der Waals surface area contributed by atoms with Crippen LogP contribution in [0.2, 0.25) is 0 Å². The number of hydrogen-bond donors (Lipinski definition) is 2. The lowest BCUT2D eigenvalue weighted by Gasteiger charge is -2.09. The Morgan fingerprint density at radius 2 is 2.26 bits per heavy atom. The summed E-state index contributed by atoms with van der Waals surface area (Å²) in [5.74, 6) is 0.673. The van der Waals surface area contributed by atoms with Crippen LogP contribution >= 0.6 is 0 Å². The highest BCUT2D eigenvalue weighted by Gasteiger charge is 2.17. The van der Waals surface area contributed by atoms with Crippen LogP contribution in [-0.4, -0.2) is 52.5 Å². The summed E-state index contributed by atoms with van der Waals surface area (Å²) in [6.45, 7) is 1.55. The molecule has 2 aromatic heterocycles. The summed E-state index contributed by atoms with van der Waals surface area (Å²) in [5, 5.41) is 6.55. The van der Waals surface area contributed by atoms with Crippen LogP contribution < -0.4 is 10.7 Å². The zero-order valence-corrected chi connectivity index (χ0v) is 14.7. The van der Waals surface area contributed by atoms with Crippen molar-refractivity contribution in [1.82, 2.24) is 25.1 Å². The number of imidazole rings is 1. The Hall–Kier alpha value is -3.46. The molecule has 2 N–H and O–H groups in total. The van der Waals surface area contributed by atoms with Gasteiger partial charge < -0.3 is 20.0 Å². The molecule has 4 rings (SSSR count). The highest BCUT2D eigenvalue weighted by atomic mass is 16.5. The van der Waals surface area contributed by atoms with Gasteiger partial charge in [-0.3, -0.25) is 4.79 Å². The van der Waals surface area contributed by atoms with Crippen molar-refractivity contribution in [2.45, 2.75) is 0 Å². The first-order chi connectivity index (χ1) is 13.2. The van der Waals surface area contributed by atoms with Crippen molar-refractivity contribution in [3.63, 3.8) is 0 Å². The van der Waals surface area contributed by atoms with Crippen LogP contribution in [0.15, 0.2) is 41.1 Å². The molecular weight excluding hydrogens is 348 g/mol. The van der Waals surface area contributed by atoms with E-state index in [1.165, 1.54) is 0 Å². The van der Waals surface area contributed by atoms with Crippen molar-refractivity contribution >= 4 is 12.0 Å². The maximum Gasteiger partial charge on any atom is 0.316 e. The number of nitrogens with zero attached hydrogens (tertiary/aromatic N) is 4. The first-order valence-corrected chi connectivity index (χ1v) is 8.46. The molecule has 0 atom stereocenters. The molecule has 0 unspecified atom stereocenters. The summed E-state index contributed by atoms with van der Waals surface area (Å²) >= 11 is 0. The van der Waals surface area contributed by atoms with Gasteiger partial charge in [0, 0.05) is 31.3 Å². The summed E-state index contributed by atoms with van der Waals surface area (Å²) in [4.78, 5) is 20.8. The number of nitrogens with one attached hydrogen (secondary N) is 2. The summed E-state index contributed by atoms with van der Waals surface area (Å²) in [5.41, 5.74) is 5.69. The van der Waals surface area contributed by atoms with Gasteiger partial charge in [0.05, 0.1) is 18.5 Å². The lowest BCUT2D eigenvalue weighted by atomic mass is 10.1. The van der Waals surface area contributed by atoms with Crippen molar-refractivity contribution in [1.29, 1.82) is 0 Å². The van der Waals surface area contributed by atoms with Gasteiger partial charge in [-0.15, -0.1) is 0 Å². The van der Waals surface area contributed by atoms with Gasteiger partial charge in [0.25, 0.3) is 0 Å². The highest BCUT2D eigenvalue weighted by molar-refractivity contribution is 5.89. The van der Waals surface area contributed by atoms with Crippen LogP contribution in [0.4, 0.5) is 0 Å². The van der Waals surface area contributed by atoms with Crippen molar-refractivity contribution in [3.8, 4) is 22.6 Å². The molecule has 0 saturated carbocycles. The van der Waals surface area contributed by atoms with E-state index in [9.17, 15) is 4.79 Å². The molecule has 0 saturated heterocycles. The fourth-order valence-electron chi connectivity index (χ4n) is 2.69. The zero-order valence-electron chi connectivity index (χ0n) is 14.7. The topological polar surface area (TPSA) is 107 Å². The maximum atomic E-state index is 12.0. The summed E-state index contributed by atoms with van der Waals surface area (Å²) in [6, 6.07) is 7.62. The van der Waals surface area contributed by atoms with E-state index in [1.807, 2.05) is 47.3 Å². The summed E-state index contributed by atoms with van der Waals surface area (Å²) < 4.78 is 11.8. The Balaban J connectivity index is 1.55. The minimum Gasteiger partial charge on any atom is -0.383 e. The SMILES string of the molecule is COCCNC(=O)c1nc(-c2cccc(-c3cn4c(n3)C=CCN4)c2)no1. The number of ether oxygens (including phenoxy) is 1. The molecular formula is C18H18N6O3. The first kappa shape index (κ1) is 17.0. The Kier molecular flexibility index (Phi) is 4.67. The third-order valence-corrected chi connectivity index (χ3v) is 4.01. The van der Waals surface area contributed by atoms with Gasteiger partial charge in [0.1, 0.15) is 0 Å². The molecule has 1 amide bonds. The lowest BCUT2D eigenvalue weighted by molar-refractivity contribution is 0.0893. The fraction of sp³-hybridized carbons (Fsp3) is 0.222. The van der Waals surface area contributed by atoms with Crippen LogP contribution in [0.1, 0.15) is 16.5 Å². The standard InChI is InChI=1S/C18H18N6O3/c1-26-9-8-19-17(25)18-22-16(23-27-18)13-5-2-4-12(10-13)14-11-24-15(21-14)6-3-7-20-24/h2-6,10-11,20H,7-9H2,1H3,(H,19,25). The molecule has 3 aromatic rings. The van der Waals surface area contributed by atoms with E-state index in [2.05, 4.69) is 25.9 Å². The van der Waals surface area contributed by atoms with Gasteiger partial charge in [-0.25, -0.2) is 9.66 Å². The molecule has 1 aliphatic heterocycles. The molecule has 0 radical (unpaired) electrons. The number of benzene rings is 1.